The van der Waals surface area contributed by atoms with Crippen LogP contribution in [0.15, 0.2) is 71.8 Å². The van der Waals surface area contributed by atoms with Crippen LogP contribution in [0.5, 0.6) is 0 Å². The minimum atomic E-state index is -1.04. The fraction of sp³-hybridized carbons (Fsp3) is 0.200. The lowest BCUT2D eigenvalue weighted by Crippen LogP contribution is -2.35. The average Bonchev–Trinajstić information content (AvgIpc) is 3.49. The molecule has 5 heterocycles. The highest BCUT2D eigenvalue weighted by Crippen LogP contribution is 2.32. The van der Waals surface area contributed by atoms with Crippen LogP contribution < -0.4 is 5.32 Å². The summed E-state index contributed by atoms with van der Waals surface area (Å²) in [6, 6.07) is 7.54. The molecular formula is C25H23N7O3. The standard InChI is InChI=1S/C25H23N7O3/c33-25(34)23-19(16-1-2-17-15-28-30-20(17)13-16)14-21(24-27-7-8-32(23)24)29-22-4-3-18(5-6-26-22)31-9-11-35-12-10-31/h1-5,7-8,13-15H,6,9-12H2,(H,26,29)(H,28,30)(H,33,34). The van der Waals surface area contributed by atoms with Crippen molar-refractivity contribution < 1.29 is 14.6 Å². The number of anilines is 1. The second-order valence-corrected chi connectivity index (χ2v) is 8.33. The Morgan fingerprint density at radius 2 is 2.06 bits per heavy atom. The molecule has 0 radical (unpaired) electrons. The van der Waals surface area contributed by atoms with Crippen LogP contribution in [0.2, 0.25) is 0 Å². The number of nitrogens with one attached hydrogen (secondary N) is 2. The number of fused-ring (bicyclic) bond motifs is 2. The molecule has 0 saturated carbocycles. The monoisotopic (exact) mass is 469 g/mol. The zero-order valence-corrected chi connectivity index (χ0v) is 18.8. The largest absolute Gasteiger partial charge is 0.477 e. The molecular weight excluding hydrogens is 446 g/mol. The molecule has 2 aliphatic heterocycles. The lowest BCUT2D eigenvalue weighted by atomic mass is 10.0. The van der Waals surface area contributed by atoms with Crippen molar-refractivity contribution >= 4 is 34.0 Å². The lowest BCUT2D eigenvalue weighted by Gasteiger charge is -2.29. The van der Waals surface area contributed by atoms with Gasteiger partial charge >= 0.3 is 5.97 Å². The van der Waals surface area contributed by atoms with E-state index < -0.39 is 5.97 Å². The van der Waals surface area contributed by atoms with Gasteiger partial charge in [-0.05, 0) is 35.9 Å². The number of morpholine rings is 1. The molecule has 3 aromatic heterocycles. The van der Waals surface area contributed by atoms with E-state index >= 15 is 0 Å². The van der Waals surface area contributed by atoms with Crippen molar-refractivity contribution in [3.8, 4) is 11.1 Å². The number of carbonyl (C=O) groups is 1. The van der Waals surface area contributed by atoms with Crippen LogP contribution in [0.25, 0.3) is 27.7 Å². The maximum Gasteiger partial charge on any atom is 0.353 e. The molecule has 35 heavy (non-hydrogen) atoms. The topological polar surface area (TPSA) is 120 Å². The minimum absolute atomic E-state index is 0.136. The van der Waals surface area contributed by atoms with Gasteiger partial charge in [-0.1, -0.05) is 12.1 Å². The van der Waals surface area contributed by atoms with Gasteiger partial charge in [-0.15, -0.1) is 0 Å². The van der Waals surface area contributed by atoms with Crippen molar-refractivity contribution in [2.75, 3.05) is 38.2 Å². The third kappa shape index (κ3) is 3.93. The van der Waals surface area contributed by atoms with E-state index in [9.17, 15) is 9.90 Å². The Morgan fingerprint density at radius 3 is 2.91 bits per heavy atom. The van der Waals surface area contributed by atoms with Gasteiger partial charge in [-0.25, -0.2) is 9.78 Å². The van der Waals surface area contributed by atoms with Crippen molar-refractivity contribution in [1.29, 1.82) is 0 Å². The number of allylic oxidation sites excluding steroid dienone is 1. The summed E-state index contributed by atoms with van der Waals surface area (Å²) in [4.78, 5) is 23.7. The summed E-state index contributed by atoms with van der Waals surface area (Å²) in [7, 11) is 0. The van der Waals surface area contributed by atoms with E-state index in [-0.39, 0.29) is 5.69 Å². The van der Waals surface area contributed by atoms with Gasteiger partial charge in [0.05, 0.1) is 37.2 Å². The van der Waals surface area contributed by atoms with Gasteiger partial charge in [0.1, 0.15) is 11.5 Å². The van der Waals surface area contributed by atoms with E-state index in [2.05, 4.69) is 36.5 Å². The molecule has 6 rings (SSSR count). The Morgan fingerprint density at radius 1 is 1.17 bits per heavy atom. The fourth-order valence-electron chi connectivity index (χ4n) is 4.52. The molecule has 3 N–H and O–H groups in total. The first-order chi connectivity index (χ1) is 17.2. The normalized spacial score (nSPS) is 16.3. The number of carboxylic acids is 1. The van der Waals surface area contributed by atoms with E-state index in [0.29, 0.717) is 29.3 Å². The van der Waals surface area contributed by atoms with Crippen molar-refractivity contribution in [3.63, 3.8) is 0 Å². The molecule has 1 saturated heterocycles. The number of hydrogen-bond donors (Lipinski definition) is 3. The first-order valence-corrected chi connectivity index (χ1v) is 11.4. The number of carboxylic acid groups (broad SMARTS) is 1. The predicted octanol–water partition coefficient (Wildman–Crippen LogP) is 3.17. The third-order valence-corrected chi connectivity index (χ3v) is 6.23. The highest BCUT2D eigenvalue weighted by atomic mass is 16.5. The summed E-state index contributed by atoms with van der Waals surface area (Å²) in [5, 5.41) is 21.4. The molecule has 4 aromatic rings. The molecule has 10 nitrogen and oxygen atoms in total. The zero-order valence-electron chi connectivity index (χ0n) is 18.8. The molecule has 0 bridgehead atoms. The molecule has 1 aromatic carbocycles. The average molecular weight is 470 g/mol. The van der Waals surface area contributed by atoms with Gasteiger partial charge in [-0.3, -0.25) is 14.5 Å². The highest BCUT2D eigenvalue weighted by molar-refractivity contribution is 6.08. The molecule has 0 spiro atoms. The fourth-order valence-corrected chi connectivity index (χ4v) is 4.52. The number of amidine groups is 1. The molecule has 176 valence electrons. The summed E-state index contributed by atoms with van der Waals surface area (Å²) in [5.74, 6) is -0.363. The van der Waals surface area contributed by atoms with E-state index in [0.717, 1.165) is 48.5 Å². The first-order valence-electron chi connectivity index (χ1n) is 11.4. The van der Waals surface area contributed by atoms with E-state index in [1.54, 1.807) is 23.0 Å². The Hall–Kier alpha value is -4.44. The molecule has 10 heteroatoms. The zero-order chi connectivity index (χ0) is 23.8. The van der Waals surface area contributed by atoms with Gasteiger partial charge in [-0.2, -0.15) is 5.10 Å². The van der Waals surface area contributed by atoms with Crippen molar-refractivity contribution in [3.05, 3.63) is 72.5 Å². The molecule has 2 aliphatic rings. The van der Waals surface area contributed by atoms with Crippen molar-refractivity contribution in [2.24, 2.45) is 4.99 Å². The van der Waals surface area contributed by atoms with Crippen LogP contribution in [0.1, 0.15) is 10.5 Å². The number of ether oxygens (including phenoxy) is 1. The van der Waals surface area contributed by atoms with Gasteiger partial charge in [0.2, 0.25) is 0 Å². The maximum atomic E-state index is 12.3. The van der Waals surface area contributed by atoms with E-state index in [1.807, 2.05) is 36.4 Å². The van der Waals surface area contributed by atoms with Gasteiger partial charge in [0.15, 0.2) is 5.65 Å². The molecule has 0 atom stereocenters. The second-order valence-electron chi connectivity index (χ2n) is 8.33. The van der Waals surface area contributed by atoms with Gasteiger partial charge < -0.3 is 20.1 Å². The quantitative estimate of drug-likeness (QED) is 0.420. The minimum Gasteiger partial charge on any atom is -0.477 e. The number of aromatic carboxylic acids is 1. The number of aromatic amines is 1. The van der Waals surface area contributed by atoms with E-state index in [4.69, 9.17) is 4.74 Å². The summed E-state index contributed by atoms with van der Waals surface area (Å²) in [6.45, 7) is 3.68. The number of nitrogens with zero attached hydrogens (tertiary/aromatic N) is 5. The van der Waals surface area contributed by atoms with Crippen LogP contribution in [0, 0.1) is 0 Å². The molecule has 1 fully saturated rings. The third-order valence-electron chi connectivity index (χ3n) is 6.23. The van der Waals surface area contributed by atoms with Crippen LogP contribution in [-0.4, -0.2) is 74.2 Å². The number of aliphatic imine (C=N–C) groups is 1. The SMILES string of the molecule is O=C(O)c1c(-c2ccc3cn[nH]c3c2)cc(NC2=NCC=C(N3CCOCC3)C=C2)c2nccn12. The lowest BCUT2D eigenvalue weighted by molar-refractivity contribution is 0.0553. The molecule has 0 unspecified atom stereocenters. The Labute approximate surface area is 200 Å². The Kier molecular flexibility index (Phi) is 5.27. The van der Waals surface area contributed by atoms with Crippen molar-refractivity contribution in [2.45, 2.75) is 0 Å². The summed E-state index contributed by atoms with van der Waals surface area (Å²) in [5.41, 5.74) is 4.58. The number of imidazole rings is 1. The molecule has 0 amide bonds. The van der Waals surface area contributed by atoms with Gasteiger partial charge in [0, 0.05) is 42.1 Å². The van der Waals surface area contributed by atoms with E-state index in [1.165, 1.54) is 0 Å². The second kappa shape index (κ2) is 8.73. The number of rotatable bonds is 4. The first kappa shape index (κ1) is 21.1. The number of hydrogen-bond acceptors (Lipinski definition) is 7. The maximum absolute atomic E-state index is 12.3. The number of pyridine rings is 1. The summed E-state index contributed by atoms with van der Waals surface area (Å²) < 4.78 is 7.05. The summed E-state index contributed by atoms with van der Waals surface area (Å²) >= 11 is 0. The summed E-state index contributed by atoms with van der Waals surface area (Å²) in [6.07, 6.45) is 11.1. The van der Waals surface area contributed by atoms with Crippen LogP contribution >= 0.6 is 0 Å². The Bertz CT molecular complexity index is 1520. The Balaban J connectivity index is 1.38. The number of H-pyrrole nitrogens is 1. The van der Waals surface area contributed by atoms with Crippen molar-refractivity contribution in [1.82, 2.24) is 24.5 Å². The number of benzene rings is 1. The highest BCUT2D eigenvalue weighted by Gasteiger charge is 2.21. The van der Waals surface area contributed by atoms with Crippen LogP contribution in [-0.2, 0) is 4.74 Å². The predicted molar refractivity (Wildman–Crippen MR) is 133 cm³/mol. The molecule has 0 aliphatic carbocycles. The van der Waals surface area contributed by atoms with Crippen LogP contribution in [0.4, 0.5) is 5.69 Å². The van der Waals surface area contributed by atoms with Crippen LogP contribution in [0.3, 0.4) is 0 Å². The smallest absolute Gasteiger partial charge is 0.353 e. The van der Waals surface area contributed by atoms with Gasteiger partial charge in [0.25, 0.3) is 0 Å². The number of aromatic nitrogens is 4.